The zero-order valence-electron chi connectivity index (χ0n) is 7.59. The van der Waals surface area contributed by atoms with Crippen molar-refractivity contribution in [3.63, 3.8) is 0 Å². The highest BCUT2D eigenvalue weighted by molar-refractivity contribution is 5.24. The van der Waals surface area contributed by atoms with Gasteiger partial charge in [-0.15, -0.1) is 0 Å². The number of allylic oxidation sites excluding steroid dienone is 4. The van der Waals surface area contributed by atoms with Crippen LogP contribution in [0.1, 0.15) is 0 Å². The molecule has 0 amide bonds. The second kappa shape index (κ2) is 5.19. The first-order valence-corrected chi connectivity index (χ1v) is 3.66. The smallest absolute Gasteiger partial charge is 0.0334 e. The first-order valence-electron chi connectivity index (χ1n) is 3.66. The summed E-state index contributed by atoms with van der Waals surface area (Å²) >= 11 is 0. The maximum atomic E-state index is 3.84. The lowest BCUT2D eigenvalue weighted by Gasteiger charge is -2.18. The Morgan fingerprint density at radius 3 is 2.17 bits per heavy atom. The second-order valence-electron chi connectivity index (χ2n) is 2.34. The molecule has 0 aromatic rings. The predicted molar refractivity (Wildman–Crippen MR) is 55.6 cm³/mol. The van der Waals surface area contributed by atoms with E-state index in [1.165, 1.54) is 0 Å². The standard InChI is InChI=1S/C11H15N/c1-6-8-9-11(4)12(5)10(3)7-2/h6-9H,1-4H2,5H3/b9-8-. The van der Waals surface area contributed by atoms with Crippen LogP contribution in [-0.4, -0.2) is 11.9 Å². The second-order valence-corrected chi connectivity index (χ2v) is 2.34. The molecule has 0 aliphatic carbocycles. The largest absolute Gasteiger partial charge is 0.346 e. The molecule has 0 rings (SSSR count). The van der Waals surface area contributed by atoms with E-state index >= 15 is 0 Å². The van der Waals surface area contributed by atoms with E-state index in [-0.39, 0.29) is 0 Å². The van der Waals surface area contributed by atoms with Crippen molar-refractivity contribution in [1.29, 1.82) is 0 Å². The monoisotopic (exact) mass is 161 g/mol. The summed E-state index contributed by atoms with van der Waals surface area (Å²) in [5, 5.41) is 0. The number of nitrogens with zero attached hydrogens (tertiary/aromatic N) is 1. The molecule has 0 saturated heterocycles. The molecule has 0 spiro atoms. The van der Waals surface area contributed by atoms with Crippen LogP contribution in [0.25, 0.3) is 0 Å². The van der Waals surface area contributed by atoms with Crippen molar-refractivity contribution in [3.8, 4) is 0 Å². The van der Waals surface area contributed by atoms with Gasteiger partial charge >= 0.3 is 0 Å². The lowest BCUT2D eigenvalue weighted by atomic mass is 10.3. The third-order valence-corrected chi connectivity index (χ3v) is 1.52. The molecule has 64 valence electrons. The average Bonchev–Trinajstić information content (AvgIpc) is 2.11. The fourth-order valence-corrected chi connectivity index (χ4v) is 0.612. The molecule has 0 bridgehead atoms. The predicted octanol–water partition coefficient (Wildman–Crippen LogP) is 2.87. The van der Waals surface area contributed by atoms with E-state index in [1.54, 1.807) is 12.2 Å². The van der Waals surface area contributed by atoms with E-state index in [1.807, 2.05) is 24.1 Å². The topological polar surface area (TPSA) is 3.24 Å². The van der Waals surface area contributed by atoms with Crippen molar-refractivity contribution in [2.75, 3.05) is 7.05 Å². The number of rotatable bonds is 5. The molecular formula is C11H15N. The van der Waals surface area contributed by atoms with Crippen molar-refractivity contribution in [1.82, 2.24) is 4.90 Å². The zero-order chi connectivity index (χ0) is 9.56. The molecule has 1 heteroatoms. The summed E-state index contributed by atoms with van der Waals surface area (Å²) in [5.74, 6) is 0. The Morgan fingerprint density at radius 2 is 1.75 bits per heavy atom. The van der Waals surface area contributed by atoms with Crippen LogP contribution < -0.4 is 0 Å². The Balaban J connectivity index is 4.28. The minimum Gasteiger partial charge on any atom is -0.346 e. The van der Waals surface area contributed by atoms with Crippen LogP contribution in [0, 0.1) is 0 Å². The van der Waals surface area contributed by atoms with Crippen LogP contribution in [0.2, 0.25) is 0 Å². The van der Waals surface area contributed by atoms with Gasteiger partial charge in [0.1, 0.15) is 0 Å². The number of hydrogen-bond donors (Lipinski definition) is 0. The molecule has 0 N–H and O–H groups in total. The summed E-state index contributed by atoms with van der Waals surface area (Å²) in [6.45, 7) is 14.8. The molecule has 0 radical (unpaired) electrons. The molecule has 12 heavy (non-hydrogen) atoms. The fourth-order valence-electron chi connectivity index (χ4n) is 0.612. The van der Waals surface area contributed by atoms with E-state index in [0.717, 1.165) is 11.4 Å². The summed E-state index contributed by atoms with van der Waals surface area (Å²) < 4.78 is 0. The summed E-state index contributed by atoms with van der Waals surface area (Å²) in [6.07, 6.45) is 7.08. The molecule has 0 atom stereocenters. The van der Waals surface area contributed by atoms with Crippen LogP contribution in [0.15, 0.2) is 62.0 Å². The van der Waals surface area contributed by atoms with Gasteiger partial charge in [-0.1, -0.05) is 38.5 Å². The highest BCUT2D eigenvalue weighted by atomic mass is 15.1. The Bertz CT molecular complexity index is 233. The molecule has 0 heterocycles. The van der Waals surface area contributed by atoms with E-state index in [2.05, 4.69) is 26.3 Å². The minimum atomic E-state index is 0.828. The van der Waals surface area contributed by atoms with Gasteiger partial charge in [-0.05, 0) is 12.2 Å². The Labute approximate surface area is 74.7 Å². The van der Waals surface area contributed by atoms with Crippen molar-refractivity contribution in [2.24, 2.45) is 0 Å². The SMILES string of the molecule is C=C/C=C\C(=C)N(C)C(=C)C=C. The van der Waals surface area contributed by atoms with E-state index in [0.29, 0.717) is 0 Å². The first kappa shape index (κ1) is 10.5. The van der Waals surface area contributed by atoms with Gasteiger partial charge in [0, 0.05) is 18.4 Å². The molecule has 0 aromatic heterocycles. The Kier molecular flexibility index (Phi) is 4.54. The van der Waals surface area contributed by atoms with Crippen LogP contribution in [0.3, 0.4) is 0 Å². The van der Waals surface area contributed by atoms with Gasteiger partial charge in [0.05, 0.1) is 0 Å². The summed E-state index contributed by atoms with van der Waals surface area (Å²) in [4.78, 5) is 1.85. The molecule has 1 nitrogen and oxygen atoms in total. The highest BCUT2D eigenvalue weighted by Gasteiger charge is 1.97. The molecule has 0 aromatic carbocycles. The molecule has 0 unspecified atom stereocenters. The molecule has 0 aliphatic heterocycles. The third-order valence-electron chi connectivity index (χ3n) is 1.52. The van der Waals surface area contributed by atoms with Gasteiger partial charge in [-0.25, -0.2) is 0 Å². The lowest BCUT2D eigenvalue weighted by molar-refractivity contribution is 0.559. The minimum absolute atomic E-state index is 0.828. The Morgan fingerprint density at radius 1 is 1.17 bits per heavy atom. The molecule has 0 aliphatic rings. The van der Waals surface area contributed by atoms with Gasteiger partial charge in [0.15, 0.2) is 0 Å². The van der Waals surface area contributed by atoms with Crippen LogP contribution in [0.4, 0.5) is 0 Å². The van der Waals surface area contributed by atoms with Gasteiger partial charge in [0.25, 0.3) is 0 Å². The van der Waals surface area contributed by atoms with Crippen LogP contribution >= 0.6 is 0 Å². The third kappa shape index (κ3) is 3.06. The molecular weight excluding hydrogens is 146 g/mol. The van der Waals surface area contributed by atoms with Crippen LogP contribution in [0.5, 0.6) is 0 Å². The summed E-state index contributed by atoms with van der Waals surface area (Å²) in [7, 11) is 1.89. The van der Waals surface area contributed by atoms with Crippen molar-refractivity contribution < 1.29 is 0 Å². The summed E-state index contributed by atoms with van der Waals surface area (Å²) in [6, 6.07) is 0. The fraction of sp³-hybridized carbons (Fsp3) is 0.0909. The van der Waals surface area contributed by atoms with Crippen molar-refractivity contribution in [3.05, 3.63) is 62.0 Å². The summed E-state index contributed by atoms with van der Waals surface area (Å²) in [5.41, 5.74) is 1.69. The van der Waals surface area contributed by atoms with Gasteiger partial charge < -0.3 is 4.90 Å². The zero-order valence-corrected chi connectivity index (χ0v) is 7.59. The van der Waals surface area contributed by atoms with Gasteiger partial charge in [0.2, 0.25) is 0 Å². The normalized spacial score (nSPS) is 9.42. The highest BCUT2D eigenvalue weighted by Crippen LogP contribution is 2.08. The Hall–Kier alpha value is -1.50. The number of hydrogen-bond acceptors (Lipinski definition) is 1. The van der Waals surface area contributed by atoms with Crippen molar-refractivity contribution >= 4 is 0 Å². The maximum absolute atomic E-state index is 3.84. The first-order chi connectivity index (χ1) is 5.63. The average molecular weight is 161 g/mol. The van der Waals surface area contributed by atoms with Gasteiger partial charge in [-0.3, -0.25) is 0 Å². The number of likely N-dealkylation sites (N-methyl/N-ethyl adjacent to an activating group) is 1. The van der Waals surface area contributed by atoms with E-state index in [4.69, 9.17) is 0 Å². The molecule has 0 saturated carbocycles. The van der Waals surface area contributed by atoms with Crippen LogP contribution in [-0.2, 0) is 0 Å². The lowest BCUT2D eigenvalue weighted by Crippen LogP contribution is -2.12. The molecule has 0 fully saturated rings. The van der Waals surface area contributed by atoms with E-state index in [9.17, 15) is 0 Å². The van der Waals surface area contributed by atoms with E-state index < -0.39 is 0 Å². The quantitative estimate of drug-likeness (QED) is 0.560. The van der Waals surface area contributed by atoms with Gasteiger partial charge in [-0.2, -0.15) is 0 Å². The maximum Gasteiger partial charge on any atom is 0.0334 e. The van der Waals surface area contributed by atoms with Crippen molar-refractivity contribution in [2.45, 2.75) is 0 Å².